The number of carbonyl (C=O) groups excluding carboxylic acids is 1. The van der Waals surface area contributed by atoms with Crippen molar-refractivity contribution >= 4 is 11.9 Å². The molecule has 20 heavy (non-hydrogen) atoms. The quantitative estimate of drug-likeness (QED) is 0.919. The maximum absolute atomic E-state index is 12.8. The average Bonchev–Trinajstić information content (AvgIpc) is 3.04. The largest absolute Gasteiger partial charge is 0.481 e. The normalized spacial score (nSPS) is 27.9. The summed E-state index contributed by atoms with van der Waals surface area (Å²) in [5.74, 6) is -1.14. The highest BCUT2D eigenvalue weighted by Crippen LogP contribution is 2.42. The first-order valence-electron chi connectivity index (χ1n) is 7.26. The molecule has 0 radical (unpaired) electrons. The van der Waals surface area contributed by atoms with Crippen molar-refractivity contribution in [2.24, 2.45) is 5.92 Å². The highest BCUT2D eigenvalue weighted by Gasteiger charge is 2.51. The standard InChI is InChI=1S/C16H19NO3/c1-2-10-5-3-4-6-12(10)15(18)17-11-7-8-14(17)13(9-11)16(19)20/h3-6,11,13-14H,2,7-9H2,1H3,(H,19,20). The van der Waals surface area contributed by atoms with Gasteiger partial charge in [0.2, 0.25) is 0 Å². The van der Waals surface area contributed by atoms with Crippen LogP contribution in [0.15, 0.2) is 24.3 Å². The minimum atomic E-state index is -0.765. The van der Waals surface area contributed by atoms with Gasteiger partial charge in [0, 0.05) is 17.6 Å². The molecule has 2 aliphatic heterocycles. The Balaban J connectivity index is 1.90. The molecule has 3 rings (SSSR count). The molecule has 106 valence electrons. The lowest BCUT2D eigenvalue weighted by Gasteiger charge is -2.24. The van der Waals surface area contributed by atoms with Gasteiger partial charge in [-0.3, -0.25) is 9.59 Å². The third-order valence-electron chi connectivity index (χ3n) is 4.72. The average molecular weight is 273 g/mol. The maximum Gasteiger partial charge on any atom is 0.308 e. The highest BCUT2D eigenvalue weighted by atomic mass is 16.4. The Kier molecular flexibility index (Phi) is 3.24. The lowest BCUT2D eigenvalue weighted by molar-refractivity contribution is -0.142. The summed E-state index contributed by atoms with van der Waals surface area (Å²) < 4.78 is 0. The molecule has 1 amide bonds. The lowest BCUT2D eigenvalue weighted by Crippen LogP contribution is -2.38. The van der Waals surface area contributed by atoms with E-state index < -0.39 is 5.97 Å². The molecule has 0 aromatic heterocycles. The van der Waals surface area contributed by atoms with E-state index in [0.717, 1.165) is 30.4 Å². The number of aryl methyl sites for hydroxylation is 1. The molecule has 2 saturated heterocycles. The number of hydrogen-bond donors (Lipinski definition) is 1. The van der Waals surface area contributed by atoms with E-state index in [9.17, 15) is 14.7 Å². The van der Waals surface area contributed by atoms with E-state index in [-0.39, 0.29) is 23.9 Å². The summed E-state index contributed by atoms with van der Waals surface area (Å²) in [5.41, 5.74) is 1.77. The monoisotopic (exact) mass is 273 g/mol. The van der Waals surface area contributed by atoms with Crippen LogP contribution in [0.4, 0.5) is 0 Å². The zero-order valence-electron chi connectivity index (χ0n) is 11.6. The Morgan fingerprint density at radius 1 is 1.30 bits per heavy atom. The lowest BCUT2D eigenvalue weighted by atomic mass is 9.89. The van der Waals surface area contributed by atoms with E-state index in [0.29, 0.717) is 6.42 Å². The summed E-state index contributed by atoms with van der Waals surface area (Å²) in [6, 6.07) is 7.63. The minimum Gasteiger partial charge on any atom is -0.481 e. The Bertz CT molecular complexity index is 554. The van der Waals surface area contributed by atoms with Gasteiger partial charge in [-0.15, -0.1) is 0 Å². The first-order valence-corrected chi connectivity index (χ1v) is 7.26. The molecule has 4 heteroatoms. The molecule has 2 aliphatic rings. The maximum atomic E-state index is 12.8. The van der Waals surface area contributed by atoms with Crippen molar-refractivity contribution in [3.05, 3.63) is 35.4 Å². The van der Waals surface area contributed by atoms with E-state index in [2.05, 4.69) is 0 Å². The number of carboxylic acids is 1. The third kappa shape index (κ3) is 1.90. The summed E-state index contributed by atoms with van der Waals surface area (Å²) in [7, 11) is 0. The number of benzene rings is 1. The van der Waals surface area contributed by atoms with Crippen LogP contribution in [-0.2, 0) is 11.2 Å². The molecule has 0 saturated carbocycles. The van der Waals surface area contributed by atoms with Crippen molar-refractivity contribution in [2.75, 3.05) is 0 Å². The Hall–Kier alpha value is -1.84. The van der Waals surface area contributed by atoms with Gasteiger partial charge in [0.15, 0.2) is 0 Å². The van der Waals surface area contributed by atoms with Gasteiger partial charge in [-0.2, -0.15) is 0 Å². The van der Waals surface area contributed by atoms with Crippen LogP contribution in [0.25, 0.3) is 0 Å². The molecule has 1 aromatic carbocycles. The number of amides is 1. The van der Waals surface area contributed by atoms with Crippen LogP contribution in [-0.4, -0.2) is 34.0 Å². The van der Waals surface area contributed by atoms with Crippen LogP contribution < -0.4 is 0 Å². The number of hydrogen-bond acceptors (Lipinski definition) is 2. The predicted octanol–water partition coefficient (Wildman–Crippen LogP) is 2.33. The van der Waals surface area contributed by atoms with Gasteiger partial charge in [0.1, 0.15) is 0 Å². The Morgan fingerprint density at radius 2 is 2.05 bits per heavy atom. The minimum absolute atomic E-state index is 0.0127. The van der Waals surface area contributed by atoms with Gasteiger partial charge in [-0.1, -0.05) is 25.1 Å². The molecule has 2 fully saturated rings. The van der Waals surface area contributed by atoms with Gasteiger partial charge < -0.3 is 10.0 Å². The molecule has 0 aliphatic carbocycles. The molecular weight excluding hydrogens is 254 g/mol. The second-order valence-electron chi connectivity index (χ2n) is 5.70. The van der Waals surface area contributed by atoms with Crippen LogP contribution in [0.1, 0.15) is 42.1 Å². The van der Waals surface area contributed by atoms with Gasteiger partial charge in [-0.05, 0) is 37.3 Å². The van der Waals surface area contributed by atoms with Crippen LogP contribution in [0, 0.1) is 5.92 Å². The summed E-state index contributed by atoms with van der Waals surface area (Å²) >= 11 is 0. The Labute approximate surface area is 118 Å². The second-order valence-corrected chi connectivity index (χ2v) is 5.70. The van der Waals surface area contributed by atoms with Crippen LogP contribution in [0.2, 0.25) is 0 Å². The zero-order valence-corrected chi connectivity index (χ0v) is 11.6. The molecule has 1 aromatic rings. The molecule has 2 heterocycles. The van der Waals surface area contributed by atoms with Gasteiger partial charge in [-0.25, -0.2) is 0 Å². The predicted molar refractivity (Wildman–Crippen MR) is 74.5 cm³/mol. The summed E-state index contributed by atoms with van der Waals surface area (Å²) in [6.45, 7) is 2.03. The number of carboxylic acid groups (broad SMARTS) is 1. The molecule has 2 bridgehead atoms. The van der Waals surface area contributed by atoms with Crippen LogP contribution in [0.3, 0.4) is 0 Å². The molecule has 3 unspecified atom stereocenters. The van der Waals surface area contributed by atoms with E-state index in [4.69, 9.17) is 0 Å². The summed E-state index contributed by atoms with van der Waals surface area (Å²) in [5, 5.41) is 9.27. The molecule has 3 atom stereocenters. The summed E-state index contributed by atoms with van der Waals surface area (Å²) in [6.07, 6.45) is 3.18. The first-order chi connectivity index (χ1) is 9.63. The van der Waals surface area contributed by atoms with E-state index in [1.54, 1.807) is 0 Å². The van der Waals surface area contributed by atoms with Crippen LogP contribution >= 0.6 is 0 Å². The Morgan fingerprint density at radius 3 is 2.70 bits per heavy atom. The fourth-order valence-electron chi connectivity index (χ4n) is 3.75. The van der Waals surface area contributed by atoms with Gasteiger partial charge in [0.25, 0.3) is 5.91 Å². The summed E-state index contributed by atoms with van der Waals surface area (Å²) in [4.78, 5) is 25.9. The highest BCUT2D eigenvalue weighted by molar-refractivity contribution is 5.97. The van der Waals surface area contributed by atoms with Crippen molar-refractivity contribution in [3.8, 4) is 0 Å². The fourth-order valence-corrected chi connectivity index (χ4v) is 3.75. The second kappa shape index (κ2) is 4.93. The number of fused-ring (bicyclic) bond motifs is 2. The van der Waals surface area contributed by atoms with E-state index in [1.807, 2.05) is 36.1 Å². The first kappa shape index (κ1) is 13.2. The number of rotatable bonds is 3. The van der Waals surface area contributed by atoms with Crippen molar-refractivity contribution in [2.45, 2.75) is 44.7 Å². The van der Waals surface area contributed by atoms with E-state index in [1.165, 1.54) is 0 Å². The number of carbonyl (C=O) groups is 2. The molecule has 0 spiro atoms. The zero-order chi connectivity index (χ0) is 14.3. The van der Waals surface area contributed by atoms with Crippen molar-refractivity contribution < 1.29 is 14.7 Å². The van der Waals surface area contributed by atoms with Crippen molar-refractivity contribution in [1.29, 1.82) is 0 Å². The van der Waals surface area contributed by atoms with Gasteiger partial charge in [0.05, 0.1) is 5.92 Å². The molecule has 4 nitrogen and oxygen atoms in total. The smallest absolute Gasteiger partial charge is 0.308 e. The van der Waals surface area contributed by atoms with Crippen molar-refractivity contribution in [1.82, 2.24) is 4.90 Å². The number of aliphatic carboxylic acids is 1. The topological polar surface area (TPSA) is 57.6 Å². The fraction of sp³-hybridized carbons (Fsp3) is 0.500. The van der Waals surface area contributed by atoms with Gasteiger partial charge >= 0.3 is 5.97 Å². The van der Waals surface area contributed by atoms with Crippen LogP contribution in [0.5, 0.6) is 0 Å². The number of nitrogens with zero attached hydrogens (tertiary/aromatic N) is 1. The van der Waals surface area contributed by atoms with Crippen molar-refractivity contribution in [3.63, 3.8) is 0 Å². The molecule has 1 N–H and O–H groups in total. The molecular formula is C16H19NO3. The van der Waals surface area contributed by atoms with E-state index >= 15 is 0 Å². The SMILES string of the molecule is CCc1ccccc1C(=O)N1C2CCC1C(C(=O)O)C2. The third-order valence-corrected chi connectivity index (χ3v) is 4.72.